The third-order valence-electron chi connectivity index (χ3n) is 2.04. The maximum Gasteiger partial charge on any atom is 0.259 e. The first-order chi connectivity index (χ1) is 6.15. The molecule has 1 atom stereocenters. The molecule has 1 heterocycles. The molecule has 1 rings (SSSR count). The van der Waals surface area contributed by atoms with E-state index in [2.05, 4.69) is 10.3 Å². The predicted molar refractivity (Wildman–Crippen MR) is 49.3 cm³/mol. The summed E-state index contributed by atoms with van der Waals surface area (Å²) in [6.45, 7) is 3.64. The van der Waals surface area contributed by atoms with Gasteiger partial charge in [-0.15, -0.1) is 0 Å². The first-order valence-corrected chi connectivity index (χ1v) is 4.55. The molecule has 2 amide bonds. The molecule has 0 aromatic heterocycles. The number of hydrogen-bond donors (Lipinski definition) is 1. The molecular formula is C9H14N2O2. The van der Waals surface area contributed by atoms with Crippen molar-refractivity contribution < 1.29 is 9.59 Å². The molecule has 0 saturated heterocycles. The molecular weight excluding hydrogens is 168 g/mol. The van der Waals surface area contributed by atoms with Crippen LogP contribution in [0.15, 0.2) is 4.99 Å². The van der Waals surface area contributed by atoms with Gasteiger partial charge in [-0.25, -0.2) is 0 Å². The molecule has 0 bridgehead atoms. The lowest BCUT2D eigenvalue weighted by Crippen LogP contribution is -2.42. The quantitative estimate of drug-likeness (QED) is 0.658. The maximum absolute atomic E-state index is 11.3. The van der Waals surface area contributed by atoms with Crippen molar-refractivity contribution in [1.82, 2.24) is 5.32 Å². The van der Waals surface area contributed by atoms with Crippen LogP contribution >= 0.6 is 0 Å². The van der Waals surface area contributed by atoms with Crippen LogP contribution in [0.4, 0.5) is 0 Å². The number of nitrogens with zero attached hydrogens (tertiary/aromatic N) is 1. The smallest absolute Gasteiger partial charge is 0.259 e. The molecule has 1 aliphatic heterocycles. The fraction of sp³-hybridized carbons (Fsp3) is 0.667. The van der Waals surface area contributed by atoms with E-state index < -0.39 is 5.92 Å². The Balaban J connectivity index is 2.64. The predicted octanol–water partition coefficient (Wildman–Crippen LogP) is 0.868. The maximum atomic E-state index is 11.3. The molecule has 72 valence electrons. The average Bonchev–Trinajstić information content (AvgIpc) is 2.02. The minimum atomic E-state index is -0.552. The molecule has 0 spiro atoms. The van der Waals surface area contributed by atoms with Gasteiger partial charge < -0.3 is 5.32 Å². The van der Waals surface area contributed by atoms with Gasteiger partial charge in [0.1, 0.15) is 11.8 Å². The van der Waals surface area contributed by atoms with Crippen LogP contribution in [-0.2, 0) is 9.59 Å². The summed E-state index contributed by atoms with van der Waals surface area (Å²) in [6, 6.07) is 0. The number of unbranched alkanes of at least 4 members (excludes halogenated alkanes) is 1. The summed E-state index contributed by atoms with van der Waals surface area (Å²) in [6.07, 6.45) is 2.48. The monoisotopic (exact) mass is 182 g/mol. The number of amidine groups is 1. The van der Waals surface area contributed by atoms with Crippen LogP contribution in [-0.4, -0.2) is 17.6 Å². The Labute approximate surface area is 77.4 Å². The van der Waals surface area contributed by atoms with Crippen molar-refractivity contribution >= 4 is 17.6 Å². The Morgan fingerprint density at radius 3 is 2.69 bits per heavy atom. The number of hydrogen-bond acceptors (Lipinski definition) is 2. The van der Waals surface area contributed by atoms with Gasteiger partial charge in [0.15, 0.2) is 0 Å². The molecule has 4 nitrogen and oxygen atoms in total. The molecule has 4 heteroatoms. The zero-order chi connectivity index (χ0) is 9.84. The molecule has 0 aromatic carbocycles. The van der Waals surface area contributed by atoms with Gasteiger partial charge in [0, 0.05) is 0 Å². The van der Waals surface area contributed by atoms with Crippen molar-refractivity contribution in [2.24, 2.45) is 10.9 Å². The molecule has 0 aliphatic carbocycles. The van der Waals surface area contributed by atoms with Crippen LogP contribution < -0.4 is 5.32 Å². The molecule has 1 N–H and O–H groups in total. The second-order valence-corrected chi connectivity index (χ2v) is 3.22. The lowest BCUT2D eigenvalue weighted by atomic mass is 9.99. The minimum absolute atomic E-state index is 0.203. The highest BCUT2D eigenvalue weighted by Gasteiger charge is 2.29. The van der Waals surface area contributed by atoms with E-state index >= 15 is 0 Å². The van der Waals surface area contributed by atoms with Crippen molar-refractivity contribution in [2.45, 2.75) is 33.1 Å². The number of amides is 2. The highest BCUT2D eigenvalue weighted by Crippen LogP contribution is 2.13. The van der Waals surface area contributed by atoms with E-state index in [4.69, 9.17) is 0 Å². The molecule has 0 saturated carbocycles. The summed E-state index contributed by atoms with van der Waals surface area (Å²) in [5, 5.41) is 2.56. The number of aliphatic imine (C=N–C) groups is 1. The normalized spacial score (nSPS) is 22.6. The first-order valence-electron chi connectivity index (χ1n) is 4.55. The van der Waals surface area contributed by atoms with Crippen molar-refractivity contribution in [1.29, 1.82) is 0 Å². The number of nitrogens with one attached hydrogen (secondary N) is 1. The van der Waals surface area contributed by atoms with Crippen LogP contribution in [0.1, 0.15) is 33.1 Å². The third-order valence-corrected chi connectivity index (χ3v) is 2.04. The topological polar surface area (TPSA) is 58.5 Å². The SMILES string of the molecule is CCCCC1C(=O)N=C(C)NC1=O. The van der Waals surface area contributed by atoms with Gasteiger partial charge in [-0.3, -0.25) is 9.59 Å². The van der Waals surface area contributed by atoms with E-state index in [-0.39, 0.29) is 11.8 Å². The fourth-order valence-electron chi connectivity index (χ4n) is 1.31. The molecule has 1 aliphatic rings. The van der Waals surface area contributed by atoms with Crippen LogP contribution in [0.5, 0.6) is 0 Å². The van der Waals surface area contributed by atoms with Gasteiger partial charge in [0.25, 0.3) is 5.91 Å². The van der Waals surface area contributed by atoms with E-state index in [0.717, 1.165) is 12.8 Å². The summed E-state index contributed by atoms with van der Waals surface area (Å²) in [5.74, 6) is -0.646. The van der Waals surface area contributed by atoms with Gasteiger partial charge in [-0.2, -0.15) is 4.99 Å². The van der Waals surface area contributed by atoms with Gasteiger partial charge in [-0.1, -0.05) is 19.8 Å². The molecule has 1 unspecified atom stereocenters. The zero-order valence-corrected chi connectivity index (χ0v) is 7.96. The van der Waals surface area contributed by atoms with Gasteiger partial charge in [0.05, 0.1) is 0 Å². The van der Waals surface area contributed by atoms with Crippen molar-refractivity contribution in [3.05, 3.63) is 0 Å². The van der Waals surface area contributed by atoms with E-state index in [9.17, 15) is 9.59 Å². The van der Waals surface area contributed by atoms with Crippen LogP contribution in [0.25, 0.3) is 0 Å². The number of carbonyl (C=O) groups is 2. The van der Waals surface area contributed by atoms with Gasteiger partial charge in [0.2, 0.25) is 5.91 Å². The van der Waals surface area contributed by atoms with E-state index in [1.54, 1.807) is 6.92 Å². The minimum Gasteiger partial charge on any atom is -0.314 e. The van der Waals surface area contributed by atoms with Gasteiger partial charge >= 0.3 is 0 Å². The van der Waals surface area contributed by atoms with Crippen LogP contribution in [0, 0.1) is 5.92 Å². The Bertz CT molecular complexity index is 258. The third kappa shape index (κ3) is 2.37. The summed E-state index contributed by atoms with van der Waals surface area (Å²) < 4.78 is 0. The lowest BCUT2D eigenvalue weighted by molar-refractivity contribution is -0.133. The Hall–Kier alpha value is -1.19. The first kappa shape index (κ1) is 9.89. The van der Waals surface area contributed by atoms with E-state index in [1.165, 1.54) is 0 Å². The highest BCUT2D eigenvalue weighted by molar-refractivity contribution is 6.15. The zero-order valence-electron chi connectivity index (χ0n) is 7.96. The van der Waals surface area contributed by atoms with Crippen LogP contribution in [0.2, 0.25) is 0 Å². The van der Waals surface area contributed by atoms with Crippen molar-refractivity contribution in [2.75, 3.05) is 0 Å². The van der Waals surface area contributed by atoms with Crippen LogP contribution in [0.3, 0.4) is 0 Å². The lowest BCUT2D eigenvalue weighted by Gasteiger charge is -2.17. The summed E-state index contributed by atoms with van der Waals surface area (Å²) in [4.78, 5) is 26.3. The molecule has 0 radical (unpaired) electrons. The highest BCUT2D eigenvalue weighted by atomic mass is 16.2. The standard InChI is InChI=1S/C9H14N2O2/c1-3-4-5-7-8(12)10-6(2)11-9(7)13/h7H,3-5H2,1-2H3,(H,10,11,12,13). The largest absolute Gasteiger partial charge is 0.314 e. The Morgan fingerprint density at radius 1 is 1.46 bits per heavy atom. The molecule has 13 heavy (non-hydrogen) atoms. The Morgan fingerprint density at radius 2 is 2.15 bits per heavy atom. The van der Waals surface area contributed by atoms with E-state index in [1.807, 2.05) is 6.92 Å². The summed E-state index contributed by atoms with van der Waals surface area (Å²) >= 11 is 0. The van der Waals surface area contributed by atoms with Crippen molar-refractivity contribution in [3.8, 4) is 0 Å². The second-order valence-electron chi connectivity index (χ2n) is 3.22. The fourth-order valence-corrected chi connectivity index (χ4v) is 1.31. The molecule has 0 aromatic rings. The summed E-state index contributed by atoms with van der Waals surface area (Å²) in [5.41, 5.74) is 0. The van der Waals surface area contributed by atoms with Gasteiger partial charge in [-0.05, 0) is 13.3 Å². The average molecular weight is 182 g/mol. The summed E-state index contributed by atoms with van der Waals surface area (Å²) in [7, 11) is 0. The second kappa shape index (κ2) is 4.16. The van der Waals surface area contributed by atoms with Crippen molar-refractivity contribution in [3.63, 3.8) is 0 Å². The van der Waals surface area contributed by atoms with E-state index in [0.29, 0.717) is 12.3 Å². The number of rotatable bonds is 3. The molecule has 0 fully saturated rings. The number of carbonyl (C=O) groups excluding carboxylic acids is 2. The Kier molecular flexibility index (Phi) is 3.17.